The van der Waals surface area contributed by atoms with Gasteiger partial charge in [0.2, 0.25) is 0 Å². The number of ether oxygens (including phenoxy) is 2. The molecule has 21 heavy (non-hydrogen) atoms. The summed E-state index contributed by atoms with van der Waals surface area (Å²) < 4.78 is 10.5. The van der Waals surface area contributed by atoms with Gasteiger partial charge >= 0.3 is 0 Å². The summed E-state index contributed by atoms with van der Waals surface area (Å²) in [4.78, 5) is 18.7. The highest BCUT2D eigenvalue weighted by Gasteiger charge is 2.11. The van der Waals surface area contributed by atoms with E-state index in [1.807, 2.05) is 6.92 Å². The second-order valence-corrected chi connectivity index (χ2v) is 4.24. The number of H-pyrrole nitrogens is 1. The fraction of sp³-hybridized carbons (Fsp3) is 0.267. The van der Waals surface area contributed by atoms with Crippen molar-refractivity contribution in [3.05, 3.63) is 46.0 Å². The summed E-state index contributed by atoms with van der Waals surface area (Å²) >= 11 is 0. The molecule has 0 radical (unpaired) electrons. The molecular formula is C15H15N3O3. The smallest absolute Gasteiger partial charge is 0.251 e. The summed E-state index contributed by atoms with van der Waals surface area (Å²) in [5, 5.41) is 9.00. The molecule has 0 bridgehead atoms. The molecule has 0 saturated heterocycles. The Labute approximate surface area is 122 Å². The van der Waals surface area contributed by atoms with E-state index >= 15 is 0 Å². The molecule has 1 aromatic carbocycles. The number of nitriles is 1. The van der Waals surface area contributed by atoms with E-state index in [1.54, 1.807) is 18.2 Å². The Morgan fingerprint density at radius 2 is 2.19 bits per heavy atom. The van der Waals surface area contributed by atoms with Crippen LogP contribution in [0.3, 0.4) is 0 Å². The van der Waals surface area contributed by atoms with E-state index in [0.717, 1.165) is 0 Å². The maximum Gasteiger partial charge on any atom is 0.251 e. The van der Waals surface area contributed by atoms with Gasteiger partial charge in [0.05, 0.1) is 24.4 Å². The second-order valence-electron chi connectivity index (χ2n) is 4.24. The Kier molecular flexibility index (Phi) is 4.69. The zero-order valence-corrected chi connectivity index (χ0v) is 11.8. The van der Waals surface area contributed by atoms with Gasteiger partial charge in [-0.15, -0.1) is 0 Å². The van der Waals surface area contributed by atoms with E-state index in [1.165, 1.54) is 13.2 Å². The number of benzene rings is 1. The van der Waals surface area contributed by atoms with Gasteiger partial charge < -0.3 is 14.5 Å². The number of nitrogens with one attached hydrogen (secondary N) is 1. The normalized spacial score (nSPS) is 10.1. The zero-order chi connectivity index (χ0) is 15.2. The monoisotopic (exact) mass is 285 g/mol. The highest BCUT2D eigenvalue weighted by atomic mass is 16.5. The molecule has 0 unspecified atom stereocenters. The summed E-state index contributed by atoms with van der Waals surface area (Å²) in [5.74, 6) is 0.984. The first-order chi connectivity index (χ1) is 10.2. The molecule has 0 spiro atoms. The standard InChI is InChI=1S/C15H15N3O3/c1-3-21-9-14-17-12(7-15(19)18-14)11-6-10(8-16)4-5-13(11)20-2/h4-7H,3,9H2,1-2H3,(H,17,18,19). The molecule has 0 aliphatic carbocycles. The third-order valence-electron chi connectivity index (χ3n) is 2.84. The van der Waals surface area contributed by atoms with Crippen molar-refractivity contribution in [2.24, 2.45) is 0 Å². The summed E-state index contributed by atoms with van der Waals surface area (Å²) in [5.41, 5.74) is 1.24. The van der Waals surface area contributed by atoms with Crippen LogP contribution in [0, 0.1) is 11.3 Å². The lowest BCUT2D eigenvalue weighted by Gasteiger charge is -2.09. The first-order valence-electron chi connectivity index (χ1n) is 6.44. The Bertz CT molecular complexity index is 732. The lowest BCUT2D eigenvalue weighted by atomic mass is 10.1. The molecular weight excluding hydrogens is 270 g/mol. The number of hydrogen-bond acceptors (Lipinski definition) is 5. The molecule has 0 atom stereocenters. The molecule has 2 aromatic rings. The minimum absolute atomic E-state index is 0.222. The van der Waals surface area contributed by atoms with Crippen molar-refractivity contribution in [2.75, 3.05) is 13.7 Å². The van der Waals surface area contributed by atoms with E-state index in [2.05, 4.69) is 16.0 Å². The average Bonchev–Trinajstić information content (AvgIpc) is 2.51. The molecule has 108 valence electrons. The van der Waals surface area contributed by atoms with Crippen molar-refractivity contribution in [3.63, 3.8) is 0 Å². The predicted octanol–water partition coefficient (Wildman–Crippen LogP) is 1.85. The maximum atomic E-state index is 11.7. The van der Waals surface area contributed by atoms with Crippen LogP contribution in [0.2, 0.25) is 0 Å². The van der Waals surface area contributed by atoms with E-state index in [-0.39, 0.29) is 12.2 Å². The van der Waals surface area contributed by atoms with Crippen molar-refractivity contribution in [2.45, 2.75) is 13.5 Å². The number of rotatable bonds is 5. The molecule has 0 aliphatic rings. The van der Waals surface area contributed by atoms with Crippen molar-refractivity contribution in [1.29, 1.82) is 5.26 Å². The van der Waals surface area contributed by atoms with E-state index in [4.69, 9.17) is 14.7 Å². The molecule has 0 aliphatic heterocycles. The molecule has 1 heterocycles. The molecule has 0 amide bonds. The third-order valence-corrected chi connectivity index (χ3v) is 2.84. The molecule has 1 N–H and O–H groups in total. The van der Waals surface area contributed by atoms with Crippen molar-refractivity contribution in [3.8, 4) is 23.1 Å². The summed E-state index contributed by atoms with van der Waals surface area (Å²) in [6.07, 6.45) is 0. The molecule has 2 rings (SSSR count). The largest absolute Gasteiger partial charge is 0.496 e. The third kappa shape index (κ3) is 3.46. The number of methoxy groups -OCH3 is 1. The molecule has 6 nitrogen and oxygen atoms in total. The molecule has 1 aromatic heterocycles. The quantitative estimate of drug-likeness (QED) is 0.905. The van der Waals surface area contributed by atoms with Crippen LogP contribution in [-0.4, -0.2) is 23.7 Å². The zero-order valence-electron chi connectivity index (χ0n) is 11.8. The van der Waals surface area contributed by atoms with Crippen LogP contribution in [-0.2, 0) is 11.3 Å². The Morgan fingerprint density at radius 3 is 2.86 bits per heavy atom. The number of hydrogen-bond donors (Lipinski definition) is 1. The van der Waals surface area contributed by atoms with Crippen molar-refractivity contribution < 1.29 is 9.47 Å². The SMILES string of the molecule is CCOCc1nc(-c2cc(C#N)ccc2OC)cc(=O)[nH]1. The fourth-order valence-corrected chi connectivity index (χ4v) is 1.89. The van der Waals surface area contributed by atoms with Crippen molar-refractivity contribution in [1.82, 2.24) is 9.97 Å². The van der Waals surface area contributed by atoms with Gasteiger partial charge in [-0.05, 0) is 25.1 Å². The Morgan fingerprint density at radius 1 is 1.38 bits per heavy atom. The first kappa shape index (κ1) is 14.8. The fourth-order valence-electron chi connectivity index (χ4n) is 1.89. The van der Waals surface area contributed by atoms with Gasteiger partial charge in [0.1, 0.15) is 18.2 Å². The summed E-state index contributed by atoms with van der Waals surface area (Å²) in [6, 6.07) is 8.40. The second kappa shape index (κ2) is 6.68. The van der Waals surface area contributed by atoms with Crippen LogP contribution >= 0.6 is 0 Å². The van der Waals surface area contributed by atoms with Crippen LogP contribution in [0.5, 0.6) is 5.75 Å². The van der Waals surface area contributed by atoms with Crippen LogP contribution < -0.4 is 10.3 Å². The highest BCUT2D eigenvalue weighted by Crippen LogP contribution is 2.28. The lowest BCUT2D eigenvalue weighted by Crippen LogP contribution is -2.12. The summed E-state index contributed by atoms with van der Waals surface area (Å²) in [6.45, 7) is 2.61. The summed E-state index contributed by atoms with van der Waals surface area (Å²) in [7, 11) is 1.53. The average molecular weight is 285 g/mol. The topological polar surface area (TPSA) is 88.0 Å². The van der Waals surface area contributed by atoms with E-state index in [0.29, 0.717) is 35.0 Å². The molecule has 0 fully saturated rings. The molecule has 0 saturated carbocycles. The van der Waals surface area contributed by atoms with Crippen molar-refractivity contribution >= 4 is 0 Å². The van der Waals surface area contributed by atoms with Crippen LogP contribution in [0.4, 0.5) is 0 Å². The lowest BCUT2D eigenvalue weighted by molar-refractivity contribution is 0.128. The minimum atomic E-state index is -0.279. The van der Waals surface area contributed by atoms with Gasteiger partial charge in [-0.1, -0.05) is 0 Å². The van der Waals surface area contributed by atoms with Gasteiger partial charge in [0.25, 0.3) is 5.56 Å². The van der Waals surface area contributed by atoms with E-state index < -0.39 is 0 Å². The predicted molar refractivity (Wildman–Crippen MR) is 76.9 cm³/mol. The first-order valence-corrected chi connectivity index (χ1v) is 6.44. The molecule has 6 heteroatoms. The number of nitrogens with zero attached hydrogens (tertiary/aromatic N) is 2. The van der Waals surface area contributed by atoms with Gasteiger partial charge in [0.15, 0.2) is 0 Å². The van der Waals surface area contributed by atoms with Crippen LogP contribution in [0.25, 0.3) is 11.3 Å². The van der Waals surface area contributed by atoms with Crippen LogP contribution in [0.1, 0.15) is 18.3 Å². The van der Waals surface area contributed by atoms with Gasteiger partial charge in [-0.3, -0.25) is 4.79 Å². The van der Waals surface area contributed by atoms with Gasteiger partial charge in [-0.2, -0.15) is 5.26 Å². The highest BCUT2D eigenvalue weighted by molar-refractivity contribution is 5.68. The maximum absolute atomic E-state index is 11.7. The van der Waals surface area contributed by atoms with Gasteiger partial charge in [-0.25, -0.2) is 4.98 Å². The Balaban J connectivity index is 2.53. The van der Waals surface area contributed by atoms with Crippen LogP contribution in [0.15, 0.2) is 29.1 Å². The number of aromatic nitrogens is 2. The minimum Gasteiger partial charge on any atom is -0.496 e. The van der Waals surface area contributed by atoms with Gasteiger partial charge in [0, 0.05) is 18.2 Å². The van der Waals surface area contributed by atoms with E-state index in [9.17, 15) is 4.79 Å². The Hall–Kier alpha value is -2.65. The number of aromatic amines is 1.